The van der Waals surface area contributed by atoms with Crippen LogP contribution in [0.3, 0.4) is 0 Å². The summed E-state index contributed by atoms with van der Waals surface area (Å²) in [5.41, 5.74) is 1.10. The second kappa shape index (κ2) is 5.06. The van der Waals surface area contributed by atoms with Gasteiger partial charge in [0.1, 0.15) is 0 Å². The Morgan fingerprint density at radius 1 is 1.24 bits per heavy atom. The van der Waals surface area contributed by atoms with E-state index in [0.717, 1.165) is 10.6 Å². The molecule has 0 saturated heterocycles. The summed E-state index contributed by atoms with van der Waals surface area (Å²) < 4.78 is 0. The van der Waals surface area contributed by atoms with E-state index < -0.39 is 4.87 Å². The molecule has 0 spiro atoms. The second-order valence-corrected chi connectivity index (χ2v) is 5.69. The van der Waals surface area contributed by atoms with Crippen LogP contribution < -0.4 is 0 Å². The molecule has 17 heavy (non-hydrogen) atoms. The van der Waals surface area contributed by atoms with Crippen LogP contribution in [0.5, 0.6) is 0 Å². The zero-order chi connectivity index (χ0) is 12.5. The molecule has 0 aromatic heterocycles. The predicted molar refractivity (Wildman–Crippen MR) is 75.8 cm³/mol. The third-order valence-corrected chi connectivity index (χ3v) is 4.01. The zero-order valence-electron chi connectivity index (χ0n) is 9.33. The fourth-order valence-electron chi connectivity index (χ4n) is 1.90. The molecule has 3 heteroatoms. The Morgan fingerprint density at radius 3 is 2.65 bits per heavy atom. The summed E-state index contributed by atoms with van der Waals surface area (Å²) in [5.74, 6) is 0.0987. The SMILES string of the molecule is CC(c1cccc(Cl)c1)C1(Cl)[CH]C(Cl)=CC=C1. The van der Waals surface area contributed by atoms with Gasteiger partial charge in [0.05, 0.1) is 4.87 Å². The number of halogens is 3. The summed E-state index contributed by atoms with van der Waals surface area (Å²) in [6.07, 6.45) is 7.52. The summed E-state index contributed by atoms with van der Waals surface area (Å²) >= 11 is 18.6. The van der Waals surface area contributed by atoms with Crippen LogP contribution in [0, 0.1) is 6.42 Å². The molecule has 0 nitrogen and oxygen atoms in total. The first-order chi connectivity index (χ1) is 8.01. The van der Waals surface area contributed by atoms with Crippen molar-refractivity contribution >= 4 is 34.8 Å². The van der Waals surface area contributed by atoms with Gasteiger partial charge in [-0.05, 0) is 23.8 Å². The summed E-state index contributed by atoms with van der Waals surface area (Å²) in [6, 6.07) is 7.74. The van der Waals surface area contributed by atoms with Crippen LogP contribution >= 0.6 is 34.8 Å². The minimum absolute atomic E-state index is 0.0987. The van der Waals surface area contributed by atoms with Crippen molar-refractivity contribution in [2.45, 2.75) is 17.7 Å². The van der Waals surface area contributed by atoms with Crippen LogP contribution in [0.1, 0.15) is 18.4 Å². The molecule has 0 heterocycles. The monoisotopic (exact) mass is 285 g/mol. The number of hydrogen-bond acceptors (Lipinski definition) is 0. The average molecular weight is 287 g/mol. The van der Waals surface area contributed by atoms with Gasteiger partial charge in [0.2, 0.25) is 0 Å². The lowest BCUT2D eigenvalue weighted by molar-refractivity contribution is 0.652. The maximum Gasteiger partial charge on any atom is 0.0778 e. The van der Waals surface area contributed by atoms with E-state index in [0.29, 0.717) is 5.03 Å². The van der Waals surface area contributed by atoms with Gasteiger partial charge in [-0.3, -0.25) is 0 Å². The van der Waals surface area contributed by atoms with Crippen molar-refractivity contribution < 1.29 is 0 Å². The normalized spacial score (nSPS) is 25.5. The van der Waals surface area contributed by atoms with Crippen LogP contribution in [0.15, 0.2) is 47.5 Å². The van der Waals surface area contributed by atoms with Gasteiger partial charge in [-0.2, -0.15) is 0 Å². The van der Waals surface area contributed by atoms with Crippen molar-refractivity contribution in [2.75, 3.05) is 0 Å². The second-order valence-electron chi connectivity index (χ2n) is 4.16. The summed E-state index contributed by atoms with van der Waals surface area (Å²) in [7, 11) is 0. The number of allylic oxidation sites excluding steroid dienone is 4. The first-order valence-electron chi connectivity index (χ1n) is 5.36. The van der Waals surface area contributed by atoms with Crippen LogP contribution in [-0.2, 0) is 0 Å². The molecule has 1 aliphatic rings. The van der Waals surface area contributed by atoms with Crippen molar-refractivity contribution in [3.63, 3.8) is 0 Å². The largest absolute Gasteiger partial charge is 0.113 e. The minimum Gasteiger partial charge on any atom is -0.113 e. The maximum absolute atomic E-state index is 6.60. The van der Waals surface area contributed by atoms with E-state index in [1.54, 1.807) is 0 Å². The lowest BCUT2D eigenvalue weighted by atomic mass is 9.82. The fourth-order valence-corrected chi connectivity index (χ4v) is 2.72. The summed E-state index contributed by atoms with van der Waals surface area (Å²) in [4.78, 5) is -0.587. The molecular weight excluding hydrogens is 275 g/mol. The molecule has 0 N–H and O–H groups in total. The molecule has 0 fully saturated rings. The molecule has 0 bridgehead atoms. The van der Waals surface area contributed by atoms with Gasteiger partial charge in [-0.15, -0.1) is 11.6 Å². The van der Waals surface area contributed by atoms with E-state index in [4.69, 9.17) is 34.8 Å². The Hall–Kier alpha value is -0.430. The van der Waals surface area contributed by atoms with Gasteiger partial charge < -0.3 is 0 Å². The van der Waals surface area contributed by atoms with Crippen LogP contribution in [0.25, 0.3) is 0 Å². The van der Waals surface area contributed by atoms with Crippen molar-refractivity contribution in [1.82, 2.24) is 0 Å². The molecule has 1 aliphatic carbocycles. The smallest absolute Gasteiger partial charge is 0.0778 e. The van der Waals surface area contributed by atoms with Gasteiger partial charge in [-0.1, -0.05) is 54.4 Å². The minimum atomic E-state index is -0.587. The van der Waals surface area contributed by atoms with E-state index in [-0.39, 0.29) is 5.92 Å². The highest BCUT2D eigenvalue weighted by molar-refractivity contribution is 6.34. The Labute approximate surface area is 117 Å². The van der Waals surface area contributed by atoms with Crippen LogP contribution in [0.2, 0.25) is 5.02 Å². The van der Waals surface area contributed by atoms with Gasteiger partial charge in [0, 0.05) is 22.4 Å². The number of alkyl halides is 1. The lowest BCUT2D eigenvalue weighted by Crippen LogP contribution is -2.28. The van der Waals surface area contributed by atoms with E-state index in [2.05, 4.69) is 6.92 Å². The quantitative estimate of drug-likeness (QED) is 0.646. The Kier molecular flexibility index (Phi) is 3.87. The van der Waals surface area contributed by atoms with Crippen molar-refractivity contribution in [1.29, 1.82) is 0 Å². The molecule has 2 atom stereocenters. The van der Waals surface area contributed by atoms with Crippen LogP contribution in [0.4, 0.5) is 0 Å². The lowest BCUT2D eigenvalue weighted by Gasteiger charge is -2.32. The molecule has 89 valence electrons. The van der Waals surface area contributed by atoms with E-state index >= 15 is 0 Å². The number of rotatable bonds is 2. The number of benzene rings is 1. The fraction of sp³-hybridized carbons (Fsp3) is 0.214. The van der Waals surface area contributed by atoms with Crippen molar-refractivity contribution in [3.8, 4) is 0 Å². The molecule has 0 saturated carbocycles. The topological polar surface area (TPSA) is 0 Å². The number of hydrogen-bond donors (Lipinski definition) is 0. The van der Waals surface area contributed by atoms with Gasteiger partial charge >= 0.3 is 0 Å². The molecule has 1 aromatic rings. The molecule has 0 amide bonds. The zero-order valence-corrected chi connectivity index (χ0v) is 11.6. The highest BCUT2D eigenvalue weighted by atomic mass is 35.5. The van der Waals surface area contributed by atoms with E-state index in [1.165, 1.54) is 0 Å². The molecular formula is C14H12Cl3. The van der Waals surface area contributed by atoms with Gasteiger partial charge in [0.25, 0.3) is 0 Å². The summed E-state index contributed by atoms with van der Waals surface area (Å²) in [6.45, 7) is 2.06. The third kappa shape index (κ3) is 2.88. The van der Waals surface area contributed by atoms with Crippen molar-refractivity contribution in [3.05, 3.63) is 64.5 Å². The van der Waals surface area contributed by atoms with E-state index in [9.17, 15) is 0 Å². The highest BCUT2D eigenvalue weighted by Gasteiger charge is 2.34. The summed E-state index contributed by atoms with van der Waals surface area (Å²) in [5, 5.41) is 1.38. The van der Waals surface area contributed by atoms with E-state index in [1.807, 2.05) is 48.9 Å². The van der Waals surface area contributed by atoms with Crippen LogP contribution in [-0.4, -0.2) is 4.87 Å². The highest BCUT2D eigenvalue weighted by Crippen LogP contribution is 2.42. The average Bonchev–Trinajstić information content (AvgIpc) is 2.27. The Morgan fingerprint density at radius 2 is 2.00 bits per heavy atom. The third-order valence-electron chi connectivity index (χ3n) is 2.98. The predicted octanol–water partition coefficient (Wildman–Crippen LogP) is 5.32. The molecule has 1 aromatic carbocycles. The molecule has 2 unspecified atom stereocenters. The van der Waals surface area contributed by atoms with Crippen molar-refractivity contribution in [2.24, 2.45) is 0 Å². The van der Waals surface area contributed by atoms with Gasteiger partial charge in [0.15, 0.2) is 0 Å². The first kappa shape index (κ1) is 13.0. The Bertz CT molecular complexity index is 476. The molecule has 0 aliphatic heterocycles. The maximum atomic E-state index is 6.60. The molecule has 2 rings (SSSR count). The standard InChI is InChI=1S/C14H12Cl3/c1-10(11-4-2-5-12(15)8-11)14(17)7-3-6-13(16)9-14/h2-10H,1H3. The Balaban J connectivity index is 2.29. The molecule has 1 radical (unpaired) electrons. The first-order valence-corrected chi connectivity index (χ1v) is 6.50. The van der Waals surface area contributed by atoms with Gasteiger partial charge in [-0.25, -0.2) is 0 Å².